The lowest BCUT2D eigenvalue weighted by Crippen LogP contribution is -2.31. The molecule has 6 aromatic rings. The molecule has 0 saturated carbocycles. The average molecular weight is 730 g/mol. The van der Waals surface area contributed by atoms with Crippen LogP contribution in [0.3, 0.4) is 0 Å². The van der Waals surface area contributed by atoms with E-state index in [-0.39, 0.29) is 25.3 Å². The van der Waals surface area contributed by atoms with Gasteiger partial charge in [-0.05, 0) is 71.8 Å². The molecule has 2 unspecified atom stereocenters. The third kappa shape index (κ3) is 5.22. The van der Waals surface area contributed by atoms with Crippen LogP contribution in [0.1, 0.15) is 22.3 Å². The molecule has 2 atom stereocenters. The highest BCUT2D eigenvalue weighted by Crippen LogP contribution is 2.53. The van der Waals surface area contributed by atoms with Gasteiger partial charge in [0.1, 0.15) is 48.9 Å². The number of benzene rings is 4. The van der Waals surface area contributed by atoms with Crippen LogP contribution < -0.4 is 20.9 Å². The fourth-order valence-corrected chi connectivity index (χ4v) is 7.25. The lowest BCUT2D eigenvalue weighted by atomic mass is 9.80. The van der Waals surface area contributed by atoms with Crippen LogP contribution in [0.4, 0.5) is 0 Å². The number of aromatic nitrogens is 4. The Bertz CT molecular complexity index is 2280. The molecule has 2 aromatic heterocycles. The Morgan fingerprint density at radius 2 is 0.846 bits per heavy atom. The van der Waals surface area contributed by atoms with Gasteiger partial charge in [0.05, 0.1) is 0 Å². The molecule has 6 heterocycles. The molecule has 4 aliphatic rings. The molecule has 14 heteroatoms. The number of nitrogens with zero attached hydrogens (tertiary/aromatic N) is 6. The maximum absolute atomic E-state index is 6.24. The molecule has 4 aliphatic heterocycles. The van der Waals surface area contributed by atoms with Crippen LogP contribution in [-0.2, 0) is 20.6 Å². The zero-order chi connectivity index (χ0) is 35.5. The van der Waals surface area contributed by atoms with E-state index in [1.54, 1.807) is 36.9 Å². The number of rotatable bonds is 2. The predicted molar refractivity (Wildman–Crippen MR) is 195 cm³/mol. The van der Waals surface area contributed by atoms with Crippen molar-refractivity contribution in [1.29, 1.82) is 0 Å². The number of hydrogen-bond donors (Lipinski definition) is 2. The van der Waals surface area contributed by atoms with Crippen molar-refractivity contribution >= 4 is 35.2 Å². The number of halogens is 2. The molecule has 0 aliphatic carbocycles. The van der Waals surface area contributed by atoms with E-state index in [0.717, 1.165) is 44.5 Å². The lowest BCUT2D eigenvalue weighted by Gasteiger charge is -2.33. The van der Waals surface area contributed by atoms with Crippen LogP contribution in [-0.4, -0.2) is 45.2 Å². The summed E-state index contributed by atoms with van der Waals surface area (Å²) < 4.78 is 23.3. The first-order chi connectivity index (χ1) is 25.3. The molecule has 4 aromatic carbocycles. The second kappa shape index (κ2) is 12.2. The molecule has 256 valence electrons. The normalized spacial score (nSPS) is 20.0. The maximum atomic E-state index is 6.24. The van der Waals surface area contributed by atoms with Gasteiger partial charge in [-0.2, -0.15) is 0 Å². The third-order valence-electron chi connectivity index (χ3n) is 9.31. The van der Waals surface area contributed by atoms with E-state index in [0.29, 0.717) is 33.0 Å². The maximum Gasteiger partial charge on any atom is 0.283 e. The largest absolute Gasteiger partial charge is 0.462 e. The first kappa shape index (κ1) is 31.7. The zero-order valence-corrected chi connectivity index (χ0v) is 28.5. The molecule has 2 spiro atoms. The molecule has 0 saturated heterocycles. The topological polar surface area (TPSA) is 165 Å². The number of ether oxygens (including phenoxy) is 4. The predicted octanol–water partition coefficient (Wildman–Crippen LogP) is 6.98. The summed E-state index contributed by atoms with van der Waals surface area (Å²) in [4.78, 5) is 25.6. The lowest BCUT2D eigenvalue weighted by molar-refractivity contribution is 0.264. The van der Waals surface area contributed by atoms with Crippen molar-refractivity contribution < 1.29 is 18.9 Å². The molecule has 52 heavy (non-hydrogen) atoms. The Labute approximate surface area is 306 Å². The Morgan fingerprint density at radius 3 is 1.21 bits per heavy atom. The van der Waals surface area contributed by atoms with Crippen LogP contribution >= 0.6 is 23.2 Å². The van der Waals surface area contributed by atoms with Gasteiger partial charge in [0.2, 0.25) is 0 Å². The van der Waals surface area contributed by atoms with Gasteiger partial charge in [-0.15, -0.1) is 0 Å². The number of aliphatic imine (C=N–C) groups is 2. The third-order valence-corrected chi connectivity index (χ3v) is 9.78. The van der Waals surface area contributed by atoms with Crippen molar-refractivity contribution in [2.45, 2.75) is 11.1 Å². The van der Waals surface area contributed by atoms with Crippen molar-refractivity contribution in [3.63, 3.8) is 0 Å². The van der Waals surface area contributed by atoms with Crippen molar-refractivity contribution in [2.75, 3.05) is 13.2 Å². The van der Waals surface area contributed by atoms with E-state index in [1.165, 1.54) is 12.7 Å². The standard InChI is InChI=1S/2C19H13ClN4O2/c2*20-13-2-4-17-15(6-13)19(9-25-18(21)24-19)14-5-11(1-3-16(14)26-17)12-7-22-10-23-8-12/h2*1-8,10H,9H2,(H2,21,24). The molecule has 12 nitrogen and oxygen atoms in total. The highest BCUT2D eigenvalue weighted by Gasteiger charge is 2.48. The Hall–Kier alpha value is -6.24. The van der Waals surface area contributed by atoms with Gasteiger partial charge in [-0.3, -0.25) is 0 Å². The molecule has 0 bridgehead atoms. The Balaban J connectivity index is 0.000000138. The first-order valence-electron chi connectivity index (χ1n) is 16.0. The number of nitrogens with two attached hydrogens (primary N) is 2. The minimum Gasteiger partial charge on any atom is -0.462 e. The highest BCUT2D eigenvalue weighted by molar-refractivity contribution is 6.31. The number of hydrogen-bond acceptors (Lipinski definition) is 12. The first-order valence-corrected chi connectivity index (χ1v) is 16.8. The summed E-state index contributed by atoms with van der Waals surface area (Å²) in [6, 6.07) is 23.1. The Morgan fingerprint density at radius 1 is 0.481 bits per heavy atom. The van der Waals surface area contributed by atoms with Crippen molar-refractivity contribution in [2.24, 2.45) is 21.5 Å². The summed E-state index contributed by atoms with van der Waals surface area (Å²) in [5.41, 5.74) is 17.3. The minimum atomic E-state index is -0.788. The summed E-state index contributed by atoms with van der Waals surface area (Å²) in [6.45, 7) is 0.578. The van der Waals surface area contributed by atoms with Gasteiger partial charge in [-0.1, -0.05) is 35.3 Å². The summed E-state index contributed by atoms with van der Waals surface area (Å²) in [5, 5.41) is 1.20. The van der Waals surface area contributed by atoms with Crippen LogP contribution in [0, 0.1) is 0 Å². The number of fused-ring (bicyclic) bond motifs is 8. The van der Waals surface area contributed by atoms with E-state index >= 15 is 0 Å². The fraction of sp³-hybridized carbons (Fsp3) is 0.105. The van der Waals surface area contributed by atoms with Crippen LogP contribution in [0.15, 0.2) is 120 Å². The molecule has 0 amide bonds. The smallest absolute Gasteiger partial charge is 0.283 e. The van der Waals surface area contributed by atoms with E-state index in [9.17, 15) is 0 Å². The molecule has 0 fully saturated rings. The zero-order valence-electron chi connectivity index (χ0n) is 27.0. The van der Waals surface area contributed by atoms with E-state index < -0.39 is 11.1 Å². The van der Waals surface area contributed by atoms with Gasteiger partial charge in [0.15, 0.2) is 11.1 Å². The average Bonchev–Trinajstić information content (AvgIpc) is 3.76. The minimum absolute atomic E-state index is 0.150. The summed E-state index contributed by atoms with van der Waals surface area (Å²) >= 11 is 12.5. The van der Waals surface area contributed by atoms with E-state index in [4.69, 9.17) is 53.6 Å². The molecule has 0 radical (unpaired) electrons. The van der Waals surface area contributed by atoms with Gasteiger partial charge >= 0.3 is 0 Å². The fourth-order valence-electron chi connectivity index (χ4n) is 6.91. The summed E-state index contributed by atoms with van der Waals surface area (Å²) in [7, 11) is 0. The van der Waals surface area contributed by atoms with Gasteiger partial charge in [0, 0.05) is 68.2 Å². The van der Waals surface area contributed by atoms with E-state index in [2.05, 4.69) is 29.9 Å². The van der Waals surface area contributed by atoms with E-state index in [1.807, 2.05) is 60.7 Å². The Kier molecular flexibility index (Phi) is 7.45. The van der Waals surface area contributed by atoms with Crippen LogP contribution in [0.2, 0.25) is 10.0 Å². The van der Waals surface area contributed by atoms with Crippen molar-refractivity contribution in [3.05, 3.63) is 143 Å². The molecule has 4 N–H and O–H groups in total. The quantitative estimate of drug-likeness (QED) is 0.190. The SMILES string of the molecule is NC1=NC2(CO1)c1cc(Cl)ccc1Oc1ccc(-c3cncnc3)cc12.NC1=NC2(CO1)c1cc(Cl)ccc1Oc1ccc(-c3cncnc3)cc12. The molecular weight excluding hydrogens is 703 g/mol. The summed E-state index contributed by atoms with van der Waals surface area (Å²) in [6.07, 6.45) is 10.1. The van der Waals surface area contributed by atoms with Gasteiger partial charge < -0.3 is 30.4 Å². The monoisotopic (exact) mass is 728 g/mol. The van der Waals surface area contributed by atoms with Gasteiger partial charge in [0.25, 0.3) is 12.0 Å². The van der Waals surface area contributed by atoms with Crippen LogP contribution in [0.5, 0.6) is 23.0 Å². The van der Waals surface area contributed by atoms with Crippen molar-refractivity contribution in [3.8, 4) is 45.3 Å². The number of amidine groups is 2. The van der Waals surface area contributed by atoms with Gasteiger partial charge in [-0.25, -0.2) is 29.9 Å². The molecule has 10 rings (SSSR count). The molecular formula is C38H26Cl2N8O4. The van der Waals surface area contributed by atoms with Crippen LogP contribution in [0.25, 0.3) is 22.3 Å². The summed E-state index contributed by atoms with van der Waals surface area (Å²) in [5.74, 6) is 2.81. The second-order valence-corrected chi connectivity index (χ2v) is 13.2. The van der Waals surface area contributed by atoms with Crippen molar-refractivity contribution in [1.82, 2.24) is 19.9 Å². The highest BCUT2D eigenvalue weighted by atomic mass is 35.5. The second-order valence-electron chi connectivity index (χ2n) is 12.4.